The molecule has 1 aliphatic heterocycles. The van der Waals surface area contributed by atoms with Gasteiger partial charge in [-0.2, -0.15) is 0 Å². The fourth-order valence-corrected chi connectivity index (χ4v) is 3.38. The average molecular weight is 262 g/mol. The second-order valence-corrected chi connectivity index (χ2v) is 5.89. The van der Waals surface area contributed by atoms with Gasteiger partial charge < -0.3 is 10.5 Å². The van der Waals surface area contributed by atoms with Crippen molar-refractivity contribution in [2.45, 2.75) is 26.3 Å². The van der Waals surface area contributed by atoms with Gasteiger partial charge in [-0.25, -0.2) is 0 Å². The summed E-state index contributed by atoms with van der Waals surface area (Å²) in [6, 6.07) is 8.50. The first kappa shape index (κ1) is 14.4. The molecule has 0 saturated carbocycles. The molecule has 3 heteroatoms. The number of rotatable bonds is 4. The number of ether oxygens (including phenoxy) is 1. The minimum absolute atomic E-state index is 0.265. The molecule has 3 nitrogen and oxygen atoms in total. The van der Waals surface area contributed by atoms with Crippen LogP contribution in [-0.2, 0) is 0 Å². The van der Waals surface area contributed by atoms with Crippen molar-refractivity contribution < 1.29 is 4.74 Å². The van der Waals surface area contributed by atoms with Crippen LogP contribution < -0.4 is 10.5 Å². The smallest absolute Gasteiger partial charge is 0.123 e. The molecule has 1 aromatic rings. The number of para-hydroxylation sites is 1. The SMILES string of the molecule is COc1ccccc1C(CN)N1C[C@H](C)C[C@H](C)C1. The highest BCUT2D eigenvalue weighted by Crippen LogP contribution is 2.32. The minimum atomic E-state index is 0.265. The van der Waals surface area contributed by atoms with Crippen molar-refractivity contribution in [2.24, 2.45) is 17.6 Å². The van der Waals surface area contributed by atoms with Crippen molar-refractivity contribution in [1.29, 1.82) is 0 Å². The molecule has 1 aromatic carbocycles. The van der Waals surface area contributed by atoms with E-state index in [1.807, 2.05) is 12.1 Å². The molecule has 1 fully saturated rings. The third-order valence-corrected chi connectivity index (χ3v) is 4.06. The zero-order chi connectivity index (χ0) is 13.8. The van der Waals surface area contributed by atoms with E-state index in [1.54, 1.807) is 7.11 Å². The lowest BCUT2D eigenvalue weighted by atomic mass is 9.89. The summed E-state index contributed by atoms with van der Waals surface area (Å²) in [5.41, 5.74) is 7.27. The van der Waals surface area contributed by atoms with Gasteiger partial charge in [0.1, 0.15) is 5.75 Å². The molecule has 2 rings (SSSR count). The fraction of sp³-hybridized carbons (Fsp3) is 0.625. The lowest BCUT2D eigenvalue weighted by molar-refractivity contribution is 0.0971. The number of hydrogen-bond acceptors (Lipinski definition) is 3. The Balaban J connectivity index is 2.23. The van der Waals surface area contributed by atoms with E-state index in [0.717, 1.165) is 30.7 Å². The summed E-state index contributed by atoms with van der Waals surface area (Å²) in [4.78, 5) is 2.52. The number of nitrogens with zero attached hydrogens (tertiary/aromatic N) is 1. The van der Waals surface area contributed by atoms with Crippen LogP contribution >= 0.6 is 0 Å². The number of benzene rings is 1. The zero-order valence-corrected chi connectivity index (χ0v) is 12.3. The maximum Gasteiger partial charge on any atom is 0.123 e. The molecule has 0 amide bonds. The summed E-state index contributed by atoms with van der Waals surface area (Å²) in [7, 11) is 1.73. The third-order valence-electron chi connectivity index (χ3n) is 4.06. The maximum absolute atomic E-state index is 6.05. The predicted molar refractivity (Wildman–Crippen MR) is 79.3 cm³/mol. The highest BCUT2D eigenvalue weighted by atomic mass is 16.5. The van der Waals surface area contributed by atoms with Crippen molar-refractivity contribution in [3.8, 4) is 5.75 Å². The highest BCUT2D eigenvalue weighted by Gasteiger charge is 2.28. The number of piperidine rings is 1. The maximum atomic E-state index is 6.05. The average Bonchev–Trinajstić information content (AvgIpc) is 2.39. The second kappa shape index (κ2) is 6.40. The number of hydrogen-bond donors (Lipinski definition) is 1. The molecule has 19 heavy (non-hydrogen) atoms. The van der Waals surface area contributed by atoms with E-state index in [2.05, 4.69) is 30.9 Å². The van der Waals surface area contributed by atoms with E-state index >= 15 is 0 Å². The van der Waals surface area contributed by atoms with E-state index in [-0.39, 0.29) is 6.04 Å². The Morgan fingerprint density at radius 2 is 1.89 bits per heavy atom. The van der Waals surface area contributed by atoms with Crippen molar-refractivity contribution >= 4 is 0 Å². The third kappa shape index (κ3) is 3.28. The van der Waals surface area contributed by atoms with Gasteiger partial charge in [0.25, 0.3) is 0 Å². The summed E-state index contributed by atoms with van der Waals surface area (Å²) < 4.78 is 5.49. The molecular formula is C16H26N2O. The van der Waals surface area contributed by atoms with E-state index in [1.165, 1.54) is 12.0 Å². The first-order chi connectivity index (χ1) is 9.15. The molecule has 106 valence electrons. The van der Waals surface area contributed by atoms with Crippen LogP contribution in [0.1, 0.15) is 31.9 Å². The van der Waals surface area contributed by atoms with Gasteiger partial charge in [0, 0.05) is 25.2 Å². The van der Waals surface area contributed by atoms with Gasteiger partial charge >= 0.3 is 0 Å². The summed E-state index contributed by atoms with van der Waals surface area (Å²) in [5.74, 6) is 2.43. The predicted octanol–water partition coefficient (Wildman–Crippen LogP) is 2.67. The molecule has 1 aliphatic rings. The van der Waals surface area contributed by atoms with Crippen molar-refractivity contribution in [3.63, 3.8) is 0 Å². The normalized spacial score (nSPS) is 26.1. The van der Waals surface area contributed by atoms with Crippen molar-refractivity contribution in [1.82, 2.24) is 4.90 Å². The number of likely N-dealkylation sites (tertiary alicyclic amines) is 1. The van der Waals surface area contributed by atoms with Crippen LogP contribution in [0.25, 0.3) is 0 Å². The van der Waals surface area contributed by atoms with Crippen molar-refractivity contribution in [3.05, 3.63) is 29.8 Å². The topological polar surface area (TPSA) is 38.5 Å². The molecule has 0 aliphatic carbocycles. The van der Waals surface area contributed by atoms with Crippen LogP contribution in [0.5, 0.6) is 5.75 Å². The van der Waals surface area contributed by atoms with E-state index in [9.17, 15) is 0 Å². The van der Waals surface area contributed by atoms with Gasteiger partial charge in [0.15, 0.2) is 0 Å². The van der Waals surface area contributed by atoms with Crippen LogP contribution in [0.15, 0.2) is 24.3 Å². The summed E-state index contributed by atoms with van der Waals surface area (Å²) in [6.07, 6.45) is 1.32. The van der Waals surface area contributed by atoms with E-state index < -0.39 is 0 Å². The molecule has 0 bridgehead atoms. The molecule has 1 saturated heterocycles. The van der Waals surface area contributed by atoms with Gasteiger partial charge in [-0.15, -0.1) is 0 Å². The van der Waals surface area contributed by atoms with E-state index in [4.69, 9.17) is 10.5 Å². The molecule has 2 N–H and O–H groups in total. The van der Waals surface area contributed by atoms with Crippen LogP contribution in [-0.4, -0.2) is 31.6 Å². The van der Waals surface area contributed by atoms with Crippen LogP contribution in [0.3, 0.4) is 0 Å². The van der Waals surface area contributed by atoms with Gasteiger partial charge in [0.2, 0.25) is 0 Å². The fourth-order valence-electron chi connectivity index (χ4n) is 3.38. The Hall–Kier alpha value is -1.06. The number of methoxy groups -OCH3 is 1. The molecule has 0 radical (unpaired) electrons. The Labute approximate surface area is 116 Å². The van der Waals surface area contributed by atoms with Gasteiger partial charge in [-0.1, -0.05) is 32.0 Å². The van der Waals surface area contributed by atoms with Crippen LogP contribution in [0.4, 0.5) is 0 Å². The largest absolute Gasteiger partial charge is 0.496 e. The van der Waals surface area contributed by atoms with Crippen LogP contribution in [0.2, 0.25) is 0 Å². The Morgan fingerprint density at radius 3 is 2.47 bits per heavy atom. The van der Waals surface area contributed by atoms with Crippen molar-refractivity contribution in [2.75, 3.05) is 26.7 Å². The summed E-state index contributed by atoms with van der Waals surface area (Å²) in [5, 5.41) is 0. The Bertz CT molecular complexity index is 397. The Kier molecular flexibility index (Phi) is 4.83. The first-order valence-corrected chi connectivity index (χ1v) is 7.22. The van der Waals surface area contributed by atoms with E-state index in [0.29, 0.717) is 6.54 Å². The Morgan fingerprint density at radius 1 is 1.26 bits per heavy atom. The highest BCUT2D eigenvalue weighted by molar-refractivity contribution is 5.36. The number of nitrogens with two attached hydrogens (primary N) is 1. The van der Waals surface area contributed by atoms with Gasteiger partial charge in [-0.05, 0) is 24.3 Å². The molecule has 0 aromatic heterocycles. The molecule has 0 spiro atoms. The van der Waals surface area contributed by atoms with Gasteiger partial charge in [-0.3, -0.25) is 4.90 Å². The lowest BCUT2D eigenvalue weighted by Gasteiger charge is -2.40. The summed E-state index contributed by atoms with van der Waals surface area (Å²) >= 11 is 0. The quantitative estimate of drug-likeness (QED) is 0.906. The standard InChI is InChI=1S/C16H26N2O/c1-12-8-13(2)11-18(10-12)15(9-17)14-6-4-5-7-16(14)19-3/h4-7,12-13,15H,8-11,17H2,1-3H3/t12-,13+,15?. The van der Waals surface area contributed by atoms with Crippen LogP contribution in [0, 0.1) is 11.8 Å². The van der Waals surface area contributed by atoms with Gasteiger partial charge in [0.05, 0.1) is 13.2 Å². The monoisotopic (exact) mass is 262 g/mol. The molecule has 3 atom stereocenters. The summed E-state index contributed by atoms with van der Waals surface area (Å²) in [6.45, 7) is 7.56. The zero-order valence-electron chi connectivity index (χ0n) is 12.3. The second-order valence-electron chi connectivity index (χ2n) is 5.89. The lowest BCUT2D eigenvalue weighted by Crippen LogP contribution is -2.43. The molecule has 1 unspecified atom stereocenters. The minimum Gasteiger partial charge on any atom is -0.496 e. The molecular weight excluding hydrogens is 236 g/mol. The first-order valence-electron chi connectivity index (χ1n) is 7.22. The molecule has 1 heterocycles.